The second-order valence-corrected chi connectivity index (χ2v) is 7.27. The van der Waals surface area contributed by atoms with E-state index in [1.54, 1.807) is 48.5 Å². The molecule has 7 N–H and O–H groups in total. The Balaban J connectivity index is 1.91. The number of rotatable bonds is 7. The second kappa shape index (κ2) is 8.42. The highest BCUT2D eigenvalue weighted by Crippen LogP contribution is 2.35. The van der Waals surface area contributed by atoms with Crippen molar-refractivity contribution >= 4 is 34.4 Å². The van der Waals surface area contributed by atoms with Crippen LogP contribution in [0.4, 0.5) is 11.5 Å². The first-order valence-electron chi connectivity index (χ1n) is 9.84. The molecule has 2 aromatic heterocycles. The number of anilines is 2. The van der Waals surface area contributed by atoms with Gasteiger partial charge >= 0.3 is 0 Å². The number of ether oxygens (including phenoxy) is 1. The topological polar surface area (TPSA) is 172 Å². The van der Waals surface area contributed by atoms with Gasteiger partial charge < -0.3 is 27.3 Å². The first-order valence-corrected chi connectivity index (χ1v) is 9.84. The Morgan fingerprint density at radius 1 is 0.939 bits per heavy atom. The molecule has 4 rings (SSSR count). The fraction of sp³-hybridized carbons (Fsp3) is 0.0870. The molecule has 33 heavy (non-hydrogen) atoms. The first-order chi connectivity index (χ1) is 15.8. The van der Waals surface area contributed by atoms with Crippen molar-refractivity contribution < 1.29 is 14.3 Å². The van der Waals surface area contributed by atoms with Crippen LogP contribution in [-0.2, 0) is 10.3 Å². The predicted octanol–water partition coefficient (Wildman–Crippen LogP) is 1.56. The van der Waals surface area contributed by atoms with Gasteiger partial charge in [0.2, 0.25) is 11.8 Å². The van der Waals surface area contributed by atoms with Crippen molar-refractivity contribution in [3.63, 3.8) is 0 Å². The maximum Gasteiger partial charge on any atom is 0.252 e. The summed E-state index contributed by atoms with van der Waals surface area (Å²) in [5.41, 5.74) is 18.4. The number of nitrogens with zero attached hydrogens (tertiary/aromatic N) is 3. The zero-order valence-electron chi connectivity index (χ0n) is 17.6. The molecule has 166 valence electrons. The summed E-state index contributed by atoms with van der Waals surface area (Å²) in [6.45, 7) is 0. The van der Waals surface area contributed by atoms with Gasteiger partial charge in [-0.3, -0.25) is 14.6 Å². The van der Waals surface area contributed by atoms with Crippen LogP contribution in [0.1, 0.15) is 21.5 Å². The van der Waals surface area contributed by atoms with E-state index in [1.165, 1.54) is 25.6 Å². The van der Waals surface area contributed by atoms with E-state index >= 15 is 0 Å². The predicted molar refractivity (Wildman–Crippen MR) is 123 cm³/mol. The van der Waals surface area contributed by atoms with Gasteiger partial charge in [-0.05, 0) is 47.5 Å². The van der Waals surface area contributed by atoms with Crippen LogP contribution in [0.2, 0.25) is 0 Å². The molecule has 2 amide bonds. The minimum atomic E-state index is -1.56. The maximum atomic E-state index is 13.1. The molecular formula is C23H21N7O3. The van der Waals surface area contributed by atoms with E-state index in [0.29, 0.717) is 33.7 Å². The molecule has 10 heteroatoms. The van der Waals surface area contributed by atoms with Gasteiger partial charge in [-0.1, -0.05) is 12.1 Å². The summed E-state index contributed by atoms with van der Waals surface area (Å²) in [6.07, 6.45) is 2.98. The van der Waals surface area contributed by atoms with Crippen LogP contribution in [0.5, 0.6) is 5.88 Å². The summed E-state index contributed by atoms with van der Waals surface area (Å²) in [6, 6.07) is 14.7. The lowest BCUT2D eigenvalue weighted by Crippen LogP contribution is -2.49. The number of primary amides is 2. The Hall–Kier alpha value is -4.73. The second-order valence-electron chi connectivity index (χ2n) is 7.27. The van der Waals surface area contributed by atoms with E-state index in [2.05, 4.69) is 20.3 Å². The molecule has 0 saturated heterocycles. The van der Waals surface area contributed by atoms with Crippen molar-refractivity contribution in [1.82, 2.24) is 15.0 Å². The minimum absolute atomic E-state index is 0.246. The number of aromatic nitrogens is 3. The van der Waals surface area contributed by atoms with Crippen molar-refractivity contribution in [2.24, 2.45) is 11.5 Å². The summed E-state index contributed by atoms with van der Waals surface area (Å²) >= 11 is 0. The molecule has 1 atom stereocenters. The number of amides is 2. The van der Waals surface area contributed by atoms with Gasteiger partial charge in [0, 0.05) is 23.5 Å². The lowest BCUT2D eigenvalue weighted by atomic mass is 9.82. The number of hydrogen-bond donors (Lipinski definition) is 4. The average molecular weight is 443 g/mol. The highest BCUT2D eigenvalue weighted by molar-refractivity contribution is 5.96. The summed E-state index contributed by atoms with van der Waals surface area (Å²) in [5.74, 6) is -0.746. The Morgan fingerprint density at radius 2 is 1.70 bits per heavy atom. The van der Waals surface area contributed by atoms with Crippen LogP contribution in [0.15, 0.2) is 67.0 Å². The monoisotopic (exact) mass is 443 g/mol. The Kier molecular flexibility index (Phi) is 5.49. The molecule has 0 saturated carbocycles. The van der Waals surface area contributed by atoms with E-state index in [-0.39, 0.29) is 11.4 Å². The summed E-state index contributed by atoms with van der Waals surface area (Å²) in [7, 11) is 1.47. The number of pyridine rings is 1. The molecule has 1 unspecified atom stereocenters. The summed E-state index contributed by atoms with van der Waals surface area (Å²) in [5, 5.41) is 3.15. The standard InChI is InChI=1S/C23H21N7O3/c1-33-20-11-15(8-9-27-20)23(22(26)32,14-3-5-16(24)6-4-14)30-19-12-28-17-7-2-13(21(25)31)10-18(17)29-19/h2-12H,24H2,1H3,(H2,25,31)(H2,26,32)(H,29,30). The van der Waals surface area contributed by atoms with Crippen molar-refractivity contribution in [2.75, 3.05) is 18.2 Å². The molecule has 4 aromatic rings. The lowest BCUT2D eigenvalue weighted by molar-refractivity contribution is -0.121. The van der Waals surface area contributed by atoms with Crippen LogP contribution in [-0.4, -0.2) is 33.9 Å². The molecule has 0 aliphatic heterocycles. The van der Waals surface area contributed by atoms with Crippen molar-refractivity contribution in [2.45, 2.75) is 5.54 Å². The third-order valence-electron chi connectivity index (χ3n) is 5.23. The summed E-state index contributed by atoms with van der Waals surface area (Å²) < 4.78 is 5.25. The van der Waals surface area contributed by atoms with Crippen LogP contribution in [0, 0.1) is 0 Å². The first kappa shape index (κ1) is 21.5. The fourth-order valence-corrected chi connectivity index (χ4v) is 3.56. The van der Waals surface area contributed by atoms with Gasteiger partial charge in [0.25, 0.3) is 5.91 Å². The summed E-state index contributed by atoms with van der Waals surface area (Å²) in [4.78, 5) is 37.7. The van der Waals surface area contributed by atoms with Gasteiger partial charge in [0.1, 0.15) is 5.82 Å². The molecule has 2 heterocycles. The van der Waals surface area contributed by atoms with Crippen molar-refractivity contribution in [3.8, 4) is 5.88 Å². The largest absolute Gasteiger partial charge is 0.481 e. The van der Waals surface area contributed by atoms with Gasteiger partial charge in [-0.25, -0.2) is 9.97 Å². The molecule has 0 aliphatic carbocycles. The minimum Gasteiger partial charge on any atom is -0.481 e. The Bertz CT molecular complexity index is 1360. The number of fused-ring (bicyclic) bond motifs is 1. The van der Waals surface area contributed by atoms with Crippen LogP contribution in [0.25, 0.3) is 11.0 Å². The molecule has 0 bridgehead atoms. The van der Waals surface area contributed by atoms with Crippen LogP contribution >= 0.6 is 0 Å². The lowest BCUT2D eigenvalue weighted by Gasteiger charge is -2.33. The highest BCUT2D eigenvalue weighted by atomic mass is 16.5. The number of carbonyl (C=O) groups excluding carboxylic acids is 2. The molecule has 0 radical (unpaired) electrons. The van der Waals surface area contributed by atoms with Crippen molar-refractivity contribution in [3.05, 3.63) is 83.7 Å². The van der Waals surface area contributed by atoms with E-state index in [0.717, 1.165) is 0 Å². The molecular weight excluding hydrogens is 422 g/mol. The Labute approximate surface area is 188 Å². The van der Waals surface area contributed by atoms with Crippen LogP contribution in [0.3, 0.4) is 0 Å². The number of nitrogens with one attached hydrogen (secondary N) is 1. The molecule has 2 aromatic carbocycles. The number of carbonyl (C=O) groups is 2. The Morgan fingerprint density at radius 3 is 2.36 bits per heavy atom. The molecule has 0 fully saturated rings. The van der Waals surface area contributed by atoms with Crippen molar-refractivity contribution in [1.29, 1.82) is 0 Å². The number of nitrogen functional groups attached to an aromatic ring is 1. The highest BCUT2D eigenvalue weighted by Gasteiger charge is 2.41. The smallest absolute Gasteiger partial charge is 0.252 e. The normalized spacial score (nSPS) is 12.6. The quantitative estimate of drug-likeness (QED) is 0.311. The van der Waals surface area contributed by atoms with E-state index in [4.69, 9.17) is 21.9 Å². The van der Waals surface area contributed by atoms with Crippen LogP contribution < -0.4 is 27.3 Å². The third kappa shape index (κ3) is 3.97. The van der Waals surface area contributed by atoms with Gasteiger partial charge in [-0.15, -0.1) is 0 Å². The van der Waals surface area contributed by atoms with E-state index in [9.17, 15) is 9.59 Å². The molecule has 10 nitrogen and oxygen atoms in total. The molecule has 0 spiro atoms. The number of methoxy groups -OCH3 is 1. The zero-order chi connectivity index (χ0) is 23.6. The SMILES string of the molecule is COc1cc(C(Nc2cnc3ccc(C(N)=O)cc3n2)(C(N)=O)c2ccc(N)cc2)ccn1. The van der Waals surface area contributed by atoms with E-state index < -0.39 is 17.4 Å². The fourth-order valence-electron chi connectivity index (χ4n) is 3.56. The maximum absolute atomic E-state index is 13.1. The number of benzene rings is 2. The number of nitrogens with two attached hydrogens (primary N) is 3. The zero-order valence-corrected chi connectivity index (χ0v) is 17.6. The number of hydrogen-bond acceptors (Lipinski definition) is 8. The average Bonchev–Trinajstić information content (AvgIpc) is 2.82. The van der Waals surface area contributed by atoms with Gasteiger partial charge in [0.05, 0.1) is 24.3 Å². The van der Waals surface area contributed by atoms with E-state index in [1.807, 2.05) is 0 Å². The van der Waals surface area contributed by atoms with Gasteiger partial charge in [0.15, 0.2) is 5.54 Å². The van der Waals surface area contributed by atoms with Gasteiger partial charge in [-0.2, -0.15) is 0 Å². The molecule has 0 aliphatic rings. The third-order valence-corrected chi connectivity index (χ3v) is 5.23.